The van der Waals surface area contributed by atoms with E-state index >= 15 is 0 Å². The quantitative estimate of drug-likeness (QED) is 0.692. The Balaban J connectivity index is 2.13. The van der Waals surface area contributed by atoms with Gasteiger partial charge in [-0.3, -0.25) is 0 Å². The highest BCUT2D eigenvalue weighted by Crippen LogP contribution is 2.19. The molecule has 112 valence electrons. The highest BCUT2D eigenvalue weighted by molar-refractivity contribution is 9.10. The SMILES string of the molecule is CCNC(Cc1cccc(Br)c1)Cc1cc(Br)ccc1F. The maximum Gasteiger partial charge on any atom is 0.126 e. The van der Waals surface area contributed by atoms with Gasteiger partial charge < -0.3 is 5.32 Å². The van der Waals surface area contributed by atoms with Crippen LogP contribution in [0.4, 0.5) is 4.39 Å². The molecule has 0 fully saturated rings. The smallest absolute Gasteiger partial charge is 0.126 e. The minimum Gasteiger partial charge on any atom is -0.314 e. The molecule has 0 spiro atoms. The normalized spacial score (nSPS) is 12.4. The Hall–Kier alpha value is -0.710. The molecule has 1 unspecified atom stereocenters. The fraction of sp³-hybridized carbons (Fsp3) is 0.294. The molecule has 0 aliphatic rings. The maximum absolute atomic E-state index is 13.9. The molecule has 1 atom stereocenters. The molecule has 2 aromatic carbocycles. The van der Waals surface area contributed by atoms with Gasteiger partial charge in [-0.25, -0.2) is 4.39 Å². The Kier molecular flexibility index (Phi) is 6.40. The summed E-state index contributed by atoms with van der Waals surface area (Å²) in [7, 11) is 0. The third kappa shape index (κ3) is 5.20. The van der Waals surface area contributed by atoms with Gasteiger partial charge in [0, 0.05) is 15.0 Å². The number of hydrogen-bond acceptors (Lipinski definition) is 1. The summed E-state index contributed by atoms with van der Waals surface area (Å²) in [4.78, 5) is 0. The predicted octanol–water partition coefficient (Wildman–Crippen LogP) is 5.11. The van der Waals surface area contributed by atoms with E-state index in [-0.39, 0.29) is 11.9 Å². The van der Waals surface area contributed by atoms with Crippen molar-refractivity contribution in [1.29, 1.82) is 0 Å². The molecule has 0 saturated heterocycles. The molecule has 21 heavy (non-hydrogen) atoms. The average Bonchev–Trinajstić information content (AvgIpc) is 2.43. The second-order valence-corrected chi connectivity index (χ2v) is 6.86. The first-order chi connectivity index (χ1) is 10.1. The molecular formula is C17H18Br2FN. The van der Waals surface area contributed by atoms with Crippen molar-refractivity contribution in [3.05, 3.63) is 68.4 Å². The Bertz CT molecular complexity index is 601. The molecule has 4 heteroatoms. The molecule has 0 radical (unpaired) electrons. The van der Waals surface area contributed by atoms with Gasteiger partial charge >= 0.3 is 0 Å². The predicted molar refractivity (Wildman–Crippen MR) is 93.1 cm³/mol. The van der Waals surface area contributed by atoms with Crippen molar-refractivity contribution in [2.24, 2.45) is 0 Å². The number of benzene rings is 2. The third-order valence-electron chi connectivity index (χ3n) is 3.34. The number of hydrogen-bond donors (Lipinski definition) is 1. The Morgan fingerprint density at radius 1 is 1.05 bits per heavy atom. The van der Waals surface area contributed by atoms with Crippen LogP contribution in [0.3, 0.4) is 0 Å². The van der Waals surface area contributed by atoms with E-state index < -0.39 is 0 Å². The van der Waals surface area contributed by atoms with E-state index in [1.807, 2.05) is 18.2 Å². The van der Waals surface area contributed by atoms with Gasteiger partial charge in [-0.05, 0) is 60.8 Å². The van der Waals surface area contributed by atoms with Crippen LogP contribution in [0.15, 0.2) is 51.4 Å². The molecule has 0 amide bonds. The zero-order valence-electron chi connectivity index (χ0n) is 11.9. The van der Waals surface area contributed by atoms with Crippen molar-refractivity contribution >= 4 is 31.9 Å². The topological polar surface area (TPSA) is 12.0 Å². The minimum absolute atomic E-state index is 0.143. The molecular weight excluding hydrogens is 397 g/mol. The van der Waals surface area contributed by atoms with Crippen LogP contribution >= 0.6 is 31.9 Å². The van der Waals surface area contributed by atoms with Crippen molar-refractivity contribution in [3.8, 4) is 0 Å². The molecule has 0 bridgehead atoms. The molecule has 0 saturated carbocycles. The molecule has 0 heterocycles. The summed E-state index contributed by atoms with van der Waals surface area (Å²) in [6, 6.07) is 13.6. The van der Waals surface area contributed by atoms with E-state index in [1.165, 1.54) is 11.6 Å². The van der Waals surface area contributed by atoms with Gasteiger partial charge in [-0.15, -0.1) is 0 Å². The molecule has 1 N–H and O–H groups in total. The molecule has 1 nitrogen and oxygen atoms in total. The lowest BCUT2D eigenvalue weighted by Gasteiger charge is -2.19. The fourth-order valence-electron chi connectivity index (χ4n) is 2.42. The van der Waals surface area contributed by atoms with Gasteiger partial charge in [-0.2, -0.15) is 0 Å². The highest BCUT2D eigenvalue weighted by atomic mass is 79.9. The maximum atomic E-state index is 13.9. The van der Waals surface area contributed by atoms with Crippen LogP contribution in [0, 0.1) is 5.82 Å². The fourth-order valence-corrected chi connectivity index (χ4v) is 3.27. The largest absolute Gasteiger partial charge is 0.314 e. The van der Waals surface area contributed by atoms with E-state index in [2.05, 4.69) is 56.2 Å². The Morgan fingerprint density at radius 3 is 2.52 bits per heavy atom. The van der Waals surface area contributed by atoms with E-state index in [1.54, 1.807) is 6.07 Å². The summed E-state index contributed by atoms with van der Waals surface area (Å²) in [5.74, 6) is -0.143. The monoisotopic (exact) mass is 413 g/mol. The second kappa shape index (κ2) is 8.06. The Labute approximate surface area is 142 Å². The van der Waals surface area contributed by atoms with Crippen LogP contribution in [-0.4, -0.2) is 12.6 Å². The summed E-state index contributed by atoms with van der Waals surface area (Å²) in [6.07, 6.45) is 1.55. The summed E-state index contributed by atoms with van der Waals surface area (Å²) in [6.45, 7) is 2.94. The minimum atomic E-state index is -0.143. The van der Waals surface area contributed by atoms with Crippen LogP contribution in [0.5, 0.6) is 0 Å². The second-order valence-electron chi connectivity index (χ2n) is 5.03. The van der Waals surface area contributed by atoms with Crippen LogP contribution < -0.4 is 5.32 Å². The van der Waals surface area contributed by atoms with Crippen LogP contribution in [0.1, 0.15) is 18.1 Å². The highest BCUT2D eigenvalue weighted by Gasteiger charge is 2.13. The standard InChI is InChI=1S/C17H18Br2FN/c1-2-21-16(9-12-4-3-5-14(18)8-12)11-13-10-15(19)6-7-17(13)20/h3-8,10,16,21H,2,9,11H2,1H3. The zero-order chi connectivity index (χ0) is 15.2. The van der Waals surface area contributed by atoms with Gasteiger partial charge in [0.15, 0.2) is 0 Å². The number of likely N-dealkylation sites (N-methyl/N-ethyl adjacent to an activating group) is 1. The number of halogens is 3. The summed E-state index contributed by atoms with van der Waals surface area (Å²) >= 11 is 6.90. The van der Waals surface area contributed by atoms with Crippen molar-refractivity contribution in [2.75, 3.05) is 6.54 Å². The van der Waals surface area contributed by atoms with Gasteiger partial charge in [0.2, 0.25) is 0 Å². The lowest BCUT2D eigenvalue weighted by Crippen LogP contribution is -2.33. The Morgan fingerprint density at radius 2 is 1.81 bits per heavy atom. The van der Waals surface area contributed by atoms with Crippen molar-refractivity contribution in [2.45, 2.75) is 25.8 Å². The van der Waals surface area contributed by atoms with E-state index in [9.17, 15) is 4.39 Å². The molecule has 2 rings (SSSR count). The van der Waals surface area contributed by atoms with Gasteiger partial charge in [0.1, 0.15) is 5.82 Å². The van der Waals surface area contributed by atoms with Crippen LogP contribution in [-0.2, 0) is 12.8 Å². The lowest BCUT2D eigenvalue weighted by molar-refractivity contribution is 0.505. The molecule has 0 aliphatic heterocycles. The van der Waals surface area contributed by atoms with E-state index in [4.69, 9.17) is 0 Å². The number of nitrogens with one attached hydrogen (secondary N) is 1. The first-order valence-electron chi connectivity index (χ1n) is 7.00. The average molecular weight is 415 g/mol. The summed E-state index contributed by atoms with van der Waals surface area (Å²) in [5, 5.41) is 3.45. The van der Waals surface area contributed by atoms with E-state index in [0.717, 1.165) is 27.5 Å². The molecule has 0 aromatic heterocycles. The van der Waals surface area contributed by atoms with Crippen molar-refractivity contribution < 1.29 is 4.39 Å². The lowest BCUT2D eigenvalue weighted by atomic mass is 9.98. The third-order valence-corrected chi connectivity index (χ3v) is 4.32. The van der Waals surface area contributed by atoms with E-state index in [0.29, 0.717) is 6.42 Å². The van der Waals surface area contributed by atoms with Gasteiger partial charge in [0.05, 0.1) is 0 Å². The van der Waals surface area contributed by atoms with Crippen LogP contribution in [0.25, 0.3) is 0 Å². The first kappa shape index (κ1) is 16.7. The van der Waals surface area contributed by atoms with Crippen molar-refractivity contribution in [3.63, 3.8) is 0 Å². The molecule has 0 aliphatic carbocycles. The van der Waals surface area contributed by atoms with Gasteiger partial charge in [0.25, 0.3) is 0 Å². The number of rotatable bonds is 6. The van der Waals surface area contributed by atoms with Crippen molar-refractivity contribution in [1.82, 2.24) is 5.32 Å². The zero-order valence-corrected chi connectivity index (χ0v) is 15.0. The van der Waals surface area contributed by atoms with Gasteiger partial charge in [-0.1, -0.05) is 50.9 Å². The van der Waals surface area contributed by atoms with Crippen LogP contribution in [0.2, 0.25) is 0 Å². The molecule has 2 aromatic rings. The first-order valence-corrected chi connectivity index (χ1v) is 8.59. The summed E-state index contributed by atoms with van der Waals surface area (Å²) in [5.41, 5.74) is 1.98. The summed E-state index contributed by atoms with van der Waals surface area (Å²) < 4.78 is 15.9.